The summed E-state index contributed by atoms with van der Waals surface area (Å²) in [5.74, 6) is 2.34. The fourth-order valence-electron chi connectivity index (χ4n) is 1.54. The van der Waals surface area contributed by atoms with E-state index in [1.807, 2.05) is 0 Å². The predicted molar refractivity (Wildman–Crippen MR) is 47.7 cm³/mol. The Morgan fingerprint density at radius 3 is 2.27 bits per heavy atom. The van der Waals surface area contributed by atoms with Crippen LogP contribution in [0.3, 0.4) is 0 Å². The quantitative estimate of drug-likeness (QED) is 0.526. The Kier molecular flexibility index (Phi) is 2.96. The van der Waals surface area contributed by atoms with Crippen molar-refractivity contribution in [2.75, 3.05) is 13.1 Å². The minimum absolute atomic E-state index is 0.324. The van der Waals surface area contributed by atoms with Crippen LogP contribution in [0.2, 0.25) is 12.6 Å². The minimum Gasteiger partial charge on any atom is -0.302 e. The van der Waals surface area contributed by atoms with Gasteiger partial charge in [0.1, 0.15) is 0 Å². The number of hydrogen-bond acceptors (Lipinski definition) is 2. The van der Waals surface area contributed by atoms with Crippen molar-refractivity contribution in [1.29, 1.82) is 5.26 Å². The molecule has 0 radical (unpaired) electrons. The zero-order valence-corrected chi connectivity index (χ0v) is 7.38. The van der Waals surface area contributed by atoms with E-state index >= 15 is 0 Å². The zero-order valence-electron chi connectivity index (χ0n) is 7.38. The Morgan fingerprint density at radius 2 is 1.91 bits per heavy atom. The average molecular weight is 150 g/mol. The van der Waals surface area contributed by atoms with Crippen molar-refractivity contribution >= 4 is 6.71 Å². The van der Waals surface area contributed by atoms with Gasteiger partial charge in [-0.1, -0.05) is 0 Å². The molecule has 0 amide bonds. The molecule has 60 valence electrons. The lowest BCUT2D eigenvalue weighted by molar-refractivity contribution is 0.237. The van der Waals surface area contributed by atoms with Crippen LogP contribution in [0.5, 0.6) is 0 Å². The molecular weight excluding hydrogens is 135 g/mol. The largest absolute Gasteiger partial charge is 0.302 e. The van der Waals surface area contributed by atoms with Gasteiger partial charge in [0, 0.05) is 12.0 Å². The minimum atomic E-state index is 0.324. The Balaban J connectivity index is 2.31. The predicted octanol–water partition coefficient (Wildman–Crippen LogP) is 1.27. The summed E-state index contributed by atoms with van der Waals surface area (Å²) in [4.78, 5) is 2.44. The molecule has 3 heteroatoms. The van der Waals surface area contributed by atoms with Crippen molar-refractivity contribution in [2.45, 2.75) is 32.5 Å². The zero-order chi connectivity index (χ0) is 8.27. The van der Waals surface area contributed by atoms with Crippen molar-refractivity contribution in [3.8, 4) is 5.97 Å². The van der Waals surface area contributed by atoms with Gasteiger partial charge in [0.05, 0.1) is 0 Å². The SMILES string of the molecule is CC(C)N1CCB(C#N)CC1. The van der Waals surface area contributed by atoms with Crippen molar-refractivity contribution in [3.05, 3.63) is 0 Å². The third kappa shape index (κ3) is 2.23. The molecule has 0 N–H and O–H groups in total. The summed E-state index contributed by atoms with van der Waals surface area (Å²) in [6.07, 6.45) is 2.13. The lowest BCUT2D eigenvalue weighted by atomic mass is 9.45. The topological polar surface area (TPSA) is 27.0 Å². The van der Waals surface area contributed by atoms with Gasteiger partial charge in [0.25, 0.3) is 6.71 Å². The van der Waals surface area contributed by atoms with Crippen LogP contribution < -0.4 is 0 Å². The standard InChI is InChI=1S/C8H15BN2/c1-8(2)11-5-3-9(7-10)4-6-11/h8H,3-6H2,1-2H3. The normalized spacial score (nSPS) is 20.4. The molecule has 0 bridgehead atoms. The monoisotopic (exact) mass is 150 g/mol. The van der Waals surface area contributed by atoms with Crippen molar-refractivity contribution in [1.82, 2.24) is 4.90 Å². The summed E-state index contributed by atoms with van der Waals surface area (Å²) in [7, 11) is 0. The Bertz CT molecular complexity index is 154. The Morgan fingerprint density at radius 1 is 1.36 bits per heavy atom. The molecule has 1 rings (SSSR count). The number of rotatable bonds is 1. The third-order valence-electron chi connectivity index (χ3n) is 2.44. The highest BCUT2D eigenvalue weighted by atomic mass is 15.1. The van der Waals surface area contributed by atoms with Crippen molar-refractivity contribution in [2.24, 2.45) is 0 Å². The van der Waals surface area contributed by atoms with Gasteiger partial charge in [0.15, 0.2) is 0 Å². The number of nitrogens with zero attached hydrogens (tertiary/aromatic N) is 2. The fraction of sp³-hybridized carbons (Fsp3) is 0.875. The fourth-order valence-corrected chi connectivity index (χ4v) is 1.54. The van der Waals surface area contributed by atoms with Gasteiger partial charge in [-0.15, -0.1) is 0 Å². The van der Waals surface area contributed by atoms with Gasteiger partial charge in [-0.3, -0.25) is 0 Å². The summed E-state index contributed by atoms with van der Waals surface area (Å²) < 4.78 is 0. The van der Waals surface area contributed by atoms with Crippen LogP contribution in [-0.4, -0.2) is 30.7 Å². The lowest BCUT2D eigenvalue weighted by Gasteiger charge is -2.30. The highest BCUT2D eigenvalue weighted by molar-refractivity contribution is 6.67. The molecule has 0 aromatic heterocycles. The highest BCUT2D eigenvalue weighted by Crippen LogP contribution is 2.12. The van der Waals surface area contributed by atoms with E-state index in [0.717, 1.165) is 25.7 Å². The Hall–Kier alpha value is -0.485. The smallest absolute Gasteiger partial charge is 0.270 e. The maximum Gasteiger partial charge on any atom is 0.270 e. The average Bonchev–Trinajstić information content (AvgIpc) is 2.05. The molecular formula is C8H15BN2. The van der Waals surface area contributed by atoms with E-state index in [1.165, 1.54) is 0 Å². The van der Waals surface area contributed by atoms with Crippen LogP contribution in [0.4, 0.5) is 0 Å². The van der Waals surface area contributed by atoms with E-state index in [2.05, 4.69) is 24.7 Å². The molecule has 0 unspecified atom stereocenters. The first kappa shape index (κ1) is 8.61. The van der Waals surface area contributed by atoms with Crippen LogP contribution in [0.1, 0.15) is 13.8 Å². The van der Waals surface area contributed by atoms with Gasteiger partial charge in [-0.2, -0.15) is 0 Å². The summed E-state index contributed by atoms with van der Waals surface area (Å²) in [5.41, 5.74) is 0. The van der Waals surface area contributed by atoms with Crippen molar-refractivity contribution < 1.29 is 0 Å². The van der Waals surface area contributed by atoms with E-state index in [9.17, 15) is 0 Å². The second-order valence-electron chi connectivity index (χ2n) is 3.53. The second-order valence-corrected chi connectivity index (χ2v) is 3.53. The molecule has 0 aromatic carbocycles. The first-order valence-electron chi connectivity index (χ1n) is 4.37. The summed E-state index contributed by atoms with van der Waals surface area (Å²) in [5, 5.41) is 8.65. The first-order valence-corrected chi connectivity index (χ1v) is 4.37. The van der Waals surface area contributed by atoms with Gasteiger partial charge >= 0.3 is 0 Å². The molecule has 0 aliphatic carbocycles. The van der Waals surface area contributed by atoms with Crippen molar-refractivity contribution in [3.63, 3.8) is 0 Å². The molecule has 2 nitrogen and oxygen atoms in total. The van der Waals surface area contributed by atoms with E-state index < -0.39 is 0 Å². The summed E-state index contributed by atoms with van der Waals surface area (Å²) in [6, 6.07) is 0.648. The molecule has 1 aliphatic heterocycles. The van der Waals surface area contributed by atoms with Gasteiger partial charge in [-0.05, 0) is 39.6 Å². The van der Waals surface area contributed by atoms with E-state index in [1.54, 1.807) is 0 Å². The summed E-state index contributed by atoms with van der Waals surface area (Å²) >= 11 is 0. The van der Waals surface area contributed by atoms with Gasteiger partial charge in [-0.25, -0.2) is 5.26 Å². The van der Waals surface area contributed by atoms with Crippen LogP contribution in [0.15, 0.2) is 0 Å². The Labute approximate surface area is 69.3 Å². The van der Waals surface area contributed by atoms with E-state index in [-0.39, 0.29) is 0 Å². The van der Waals surface area contributed by atoms with Crippen LogP contribution in [0, 0.1) is 11.2 Å². The number of nitriles is 1. The maximum atomic E-state index is 8.65. The third-order valence-corrected chi connectivity index (χ3v) is 2.44. The van der Waals surface area contributed by atoms with Crippen LogP contribution in [0.25, 0.3) is 0 Å². The molecule has 11 heavy (non-hydrogen) atoms. The molecule has 1 heterocycles. The van der Waals surface area contributed by atoms with Gasteiger partial charge < -0.3 is 4.90 Å². The molecule has 0 spiro atoms. The number of hydrogen-bond donors (Lipinski definition) is 0. The molecule has 1 aliphatic rings. The molecule has 0 atom stereocenters. The highest BCUT2D eigenvalue weighted by Gasteiger charge is 2.23. The molecule has 1 saturated heterocycles. The summed E-state index contributed by atoms with van der Waals surface area (Å²) in [6.45, 7) is 6.97. The van der Waals surface area contributed by atoms with Gasteiger partial charge in [0.2, 0.25) is 0 Å². The van der Waals surface area contributed by atoms with Crippen LogP contribution >= 0.6 is 0 Å². The molecule has 1 fully saturated rings. The van der Waals surface area contributed by atoms with E-state index in [0.29, 0.717) is 12.8 Å². The molecule has 0 aromatic rings. The molecule has 0 saturated carbocycles. The maximum absolute atomic E-state index is 8.65. The van der Waals surface area contributed by atoms with Crippen LogP contribution in [-0.2, 0) is 0 Å². The first-order chi connectivity index (χ1) is 5.24. The second kappa shape index (κ2) is 3.78. The van der Waals surface area contributed by atoms with E-state index in [4.69, 9.17) is 5.26 Å². The lowest BCUT2D eigenvalue weighted by Crippen LogP contribution is -2.40.